The standard InChI is InChI=1S/C15H21N3O2/c1-3-12-4-6-13(7-5-12)17(2)14(19)15(20)18-10-8-16-9-11-18/h4-7,16H,3,8-11H2,1-2H3. The van der Waals surface area contributed by atoms with E-state index in [4.69, 9.17) is 0 Å². The lowest BCUT2D eigenvalue weighted by molar-refractivity contribution is -0.144. The smallest absolute Gasteiger partial charge is 0.316 e. The zero-order chi connectivity index (χ0) is 14.5. The molecule has 0 saturated carbocycles. The predicted molar refractivity (Wildman–Crippen MR) is 78.7 cm³/mol. The molecule has 108 valence electrons. The zero-order valence-corrected chi connectivity index (χ0v) is 12.1. The first-order valence-corrected chi connectivity index (χ1v) is 7.00. The minimum absolute atomic E-state index is 0.423. The monoisotopic (exact) mass is 275 g/mol. The SMILES string of the molecule is CCc1ccc(N(C)C(=O)C(=O)N2CCNCC2)cc1. The number of aryl methyl sites for hydroxylation is 1. The van der Waals surface area contributed by atoms with E-state index in [0.29, 0.717) is 13.1 Å². The highest BCUT2D eigenvalue weighted by Crippen LogP contribution is 2.15. The molecule has 20 heavy (non-hydrogen) atoms. The predicted octanol–water partition coefficient (Wildman–Crippen LogP) is 0.644. The van der Waals surface area contributed by atoms with E-state index in [2.05, 4.69) is 12.2 Å². The molecule has 0 aromatic heterocycles. The Labute approximate surface area is 119 Å². The van der Waals surface area contributed by atoms with E-state index < -0.39 is 11.8 Å². The van der Waals surface area contributed by atoms with Gasteiger partial charge in [0.05, 0.1) is 0 Å². The molecule has 5 heteroatoms. The van der Waals surface area contributed by atoms with E-state index in [1.54, 1.807) is 11.9 Å². The summed E-state index contributed by atoms with van der Waals surface area (Å²) in [7, 11) is 1.64. The highest BCUT2D eigenvalue weighted by Gasteiger charge is 2.26. The van der Waals surface area contributed by atoms with Crippen LogP contribution in [0, 0.1) is 0 Å². The largest absolute Gasteiger partial charge is 0.332 e. The fourth-order valence-corrected chi connectivity index (χ4v) is 2.22. The Balaban J connectivity index is 2.04. The maximum absolute atomic E-state index is 12.2. The quantitative estimate of drug-likeness (QED) is 0.806. The van der Waals surface area contributed by atoms with Crippen molar-refractivity contribution in [1.82, 2.24) is 10.2 Å². The van der Waals surface area contributed by atoms with Crippen LogP contribution in [0.3, 0.4) is 0 Å². The second kappa shape index (κ2) is 6.52. The summed E-state index contributed by atoms with van der Waals surface area (Å²) in [6.45, 7) is 4.75. The number of anilines is 1. The van der Waals surface area contributed by atoms with E-state index in [0.717, 1.165) is 25.2 Å². The van der Waals surface area contributed by atoms with E-state index in [9.17, 15) is 9.59 Å². The van der Waals surface area contributed by atoms with Crippen LogP contribution in [0.2, 0.25) is 0 Å². The Hall–Kier alpha value is -1.88. The minimum Gasteiger partial charge on any atom is -0.332 e. The Bertz CT molecular complexity index is 478. The van der Waals surface area contributed by atoms with Gasteiger partial charge in [0.25, 0.3) is 0 Å². The van der Waals surface area contributed by atoms with Gasteiger partial charge in [-0.25, -0.2) is 0 Å². The van der Waals surface area contributed by atoms with Gasteiger partial charge in [0.1, 0.15) is 0 Å². The van der Waals surface area contributed by atoms with Crippen LogP contribution < -0.4 is 10.2 Å². The maximum Gasteiger partial charge on any atom is 0.316 e. The number of amides is 2. The van der Waals surface area contributed by atoms with Crippen LogP contribution in [-0.2, 0) is 16.0 Å². The van der Waals surface area contributed by atoms with E-state index in [1.807, 2.05) is 24.3 Å². The van der Waals surface area contributed by atoms with Gasteiger partial charge in [-0.1, -0.05) is 19.1 Å². The topological polar surface area (TPSA) is 52.7 Å². The molecule has 1 heterocycles. The van der Waals surface area contributed by atoms with Crippen LogP contribution in [0.15, 0.2) is 24.3 Å². The third-order valence-corrected chi connectivity index (χ3v) is 3.62. The molecule has 1 aliphatic heterocycles. The van der Waals surface area contributed by atoms with E-state index in [-0.39, 0.29) is 0 Å². The van der Waals surface area contributed by atoms with Crippen LogP contribution in [0.5, 0.6) is 0 Å². The molecule has 2 amide bonds. The zero-order valence-electron chi connectivity index (χ0n) is 12.1. The fourth-order valence-electron chi connectivity index (χ4n) is 2.22. The molecule has 0 atom stereocenters. The van der Waals surface area contributed by atoms with Crippen molar-refractivity contribution in [2.45, 2.75) is 13.3 Å². The lowest BCUT2D eigenvalue weighted by Crippen LogP contribution is -2.51. The Morgan fingerprint density at radius 3 is 2.35 bits per heavy atom. The van der Waals surface area contributed by atoms with Gasteiger partial charge in [-0.2, -0.15) is 0 Å². The van der Waals surface area contributed by atoms with Crippen molar-refractivity contribution in [2.24, 2.45) is 0 Å². The number of hydrogen-bond donors (Lipinski definition) is 1. The number of hydrogen-bond acceptors (Lipinski definition) is 3. The Morgan fingerprint density at radius 1 is 1.20 bits per heavy atom. The summed E-state index contributed by atoms with van der Waals surface area (Å²) >= 11 is 0. The summed E-state index contributed by atoms with van der Waals surface area (Å²) in [5, 5.41) is 3.16. The fraction of sp³-hybridized carbons (Fsp3) is 0.467. The van der Waals surface area contributed by atoms with Crippen LogP contribution in [-0.4, -0.2) is 49.9 Å². The summed E-state index contributed by atoms with van der Waals surface area (Å²) in [5.41, 5.74) is 1.96. The maximum atomic E-state index is 12.2. The van der Waals surface area contributed by atoms with Crippen LogP contribution >= 0.6 is 0 Å². The number of benzene rings is 1. The highest BCUT2D eigenvalue weighted by molar-refractivity contribution is 6.40. The van der Waals surface area contributed by atoms with Crippen molar-refractivity contribution in [1.29, 1.82) is 0 Å². The minimum atomic E-state index is -0.476. The normalized spacial score (nSPS) is 15.0. The molecule has 5 nitrogen and oxygen atoms in total. The number of carbonyl (C=O) groups is 2. The van der Waals surface area contributed by atoms with Gasteiger partial charge in [0.15, 0.2) is 0 Å². The molecule has 0 spiro atoms. The lowest BCUT2D eigenvalue weighted by Gasteiger charge is -2.28. The molecule has 1 fully saturated rings. The van der Waals surface area contributed by atoms with Crippen molar-refractivity contribution in [2.75, 3.05) is 38.1 Å². The van der Waals surface area contributed by atoms with Gasteiger partial charge in [0.2, 0.25) is 0 Å². The first-order valence-electron chi connectivity index (χ1n) is 7.00. The van der Waals surface area contributed by atoms with Crippen molar-refractivity contribution in [3.05, 3.63) is 29.8 Å². The second-order valence-electron chi connectivity index (χ2n) is 4.93. The van der Waals surface area contributed by atoms with Crippen molar-refractivity contribution in [3.8, 4) is 0 Å². The Morgan fingerprint density at radius 2 is 1.80 bits per heavy atom. The molecule has 1 aliphatic rings. The second-order valence-corrected chi connectivity index (χ2v) is 4.93. The summed E-state index contributed by atoms with van der Waals surface area (Å²) in [4.78, 5) is 27.4. The van der Waals surface area contributed by atoms with Gasteiger partial charge in [-0.05, 0) is 24.1 Å². The lowest BCUT2D eigenvalue weighted by atomic mass is 10.1. The molecule has 0 aliphatic carbocycles. The molecule has 0 bridgehead atoms. The van der Waals surface area contributed by atoms with Gasteiger partial charge < -0.3 is 15.1 Å². The summed E-state index contributed by atoms with van der Waals surface area (Å²) in [6.07, 6.45) is 0.956. The third-order valence-electron chi connectivity index (χ3n) is 3.62. The average Bonchev–Trinajstić information content (AvgIpc) is 2.53. The molecule has 0 radical (unpaired) electrons. The molecule has 0 unspecified atom stereocenters. The summed E-state index contributed by atoms with van der Waals surface area (Å²) < 4.78 is 0. The van der Waals surface area contributed by atoms with E-state index >= 15 is 0 Å². The molecule has 1 saturated heterocycles. The molecular weight excluding hydrogens is 254 g/mol. The number of piperazine rings is 1. The van der Waals surface area contributed by atoms with Gasteiger partial charge in [0, 0.05) is 38.9 Å². The van der Waals surface area contributed by atoms with Crippen molar-refractivity contribution in [3.63, 3.8) is 0 Å². The molecule has 1 aromatic rings. The average molecular weight is 275 g/mol. The van der Waals surface area contributed by atoms with Crippen LogP contribution in [0.4, 0.5) is 5.69 Å². The molecule has 1 aromatic carbocycles. The number of likely N-dealkylation sites (N-methyl/N-ethyl adjacent to an activating group) is 1. The van der Waals surface area contributed by atoms with E-state index in [1.165, 1.54) is 10.5 Å². The molecular formula is C15H21N3O2. The first-order chi connectivity index (χ1) is 9.63. The third kappa shape index (κ3) is 3.17. The van der Waals surface area contributed by atoms with Gasteiger partial charge in [-0.3, -0.25) is 9.59 Å². The first kappa shape index (κ1) is 14.5. The van der Waals surface area contributed by atoms with Gasteiger partial charge in [-0.15, -0.1) is 0 Å². The summed E-state index contributed by atoms with van der Waals surface area (Å²) in [6, 6.07) is 7.71. The van der Waals surface area contributed by atoms with Crippen LogP contribution in [0.1, 0.15) is 12.5 Å². The van der Waals surface area contributed by atoms with Crippen molar-refractivity contribution >= 4 is 17.5 Å². The number of nitrogens with one attached hydrogen (secondary N) is 1. The molecule has 2 rings (SSSR count). The highest BCUT2D eigenvalue weighted by atomic mass is 16.2. The summed E-state index contributed by atoms with van der Waals surface area (Å²) in [5.74, 6) is -0.898. The Kier molecular flexibility index (Phi) is 4.74. The van der Waals surface area contributed by atoms with Gasteiger partial charge >= 0.3 is 11.8 Å². The number of nitrogens with zero attached hydrogens (tertiary/aromatic N) is 2. The van der Waals surface area contributed by atoms with Crippen molar-refractivity contribution < 1.29 is 9.59 Å². The number of rotatable bonds is 2. The number of carbonyl (C=O) groups excluding carboxylic acids is 2. The van der Waals surface area contributed by atoms with Crippen LogP contribution in [0.25, 0.3) is 0 Å². The molecule has 1 N–H and O–H groups in total.